The second kappa shape index (κ2) is 9.82. The van der Waals surface area contributed by atoms with E-state index in [1.807, 2.05) is 24.3 Å². The van der Waals surface area contributed by atoms with Gasteiger partial charge >= 0.3 is 6.03 Å². The number of hydrogen-bond donors (Lipinski definition) is 2. The summed E-state index contributed by atoms with van der Waals surface area (Å²) in [7, 11) is 6.14. The molecule has 0 bridgehead atoms. The minimum atomic E-state index is -0.395. The number of hydrogen-bond acceptors (Lipinski definition) is 5. The molecule has 2 aromatic rings. The van der Waals surface area contributed by atoms with Crippen LogP contribution in [0.5, 0.6) is 23.0 Å². The highest BCUT2D eigenvalue weighted by Crippen LogP contribution is 2.39. The van der Waals surface area contributed by atoms with Crippen molar-refractivity contribution in [1.29, 1.82) is 0 Å². The third-order valence-electron chi connectivity index (χ3n) is 3.58. The SMILES string of the molecule is COc1ccc(C#CCNC(=O)Nc2cc(OC)c(OC)c(OC)c2)cc1. The van der Waals surface area contributed by atoms with Crippen LogP contribution in [0, 0.1) is 11.8 Å². The molecule has 0 aliphatic heterocycles. The van der Waals surface area contributed by atoms with Crippen LogP contribution in [0.4, 0.5) is 10.5 Å². The van der Waals surface area contributed by atoms with Gasteiger partial charge in [0.1, 0.15) is 5.75 Å². The van der Waals surface area contributed by atoms with Crippen molar-refractivity contribution >= 4 is 11.7 Å². The number of carbonyl (C=O) groups is 1. The fourth-order valence-electron chi connectivity index (χ4n) is 2.27. The molecule has 0 radical (unpaired) electrons. The van der Waals surface area contributed by atoms with E-state index >= 15 is 0 Å². The maximum Gasteiger partial charge on any atom is 0.319 e. The first-order valence-corrected chi connectivity index (χ1v) is 8.09. The van der Waals surface area contributed by atoms with E-state index < -0.39 is 6.03 Å². The predicted octanol–water partition coefficient (Wildman–Crippen LogP) is 2.89. The maximum atomic E-state index is 12.0. The minimum absolute atomic E-state index is 0.197. The second-order valence-electron chi connectivity index (χ2n) is 5.25. The molecular weight excluding hydrogens is 348 g/mol. The van der Waals surface area contributed by atoms with Crippen molar-refractivity contribution in [2.75, 3.05) is 40.3 Å². The number of rotatable bonds is 6. The summed E-state index contributed by atoms with van der Waals surface area (Å²) in [5.74, 6) is 7.97. The molecule has 0 aliphatic rings. The normalized spacial score (nSPS) is 9.48. The van der Waals surface area contributed by atoms with E-state index in [0.29, 0.717) is 22.9 Å². The van der Waals surface area contributed by atoms with Gasteiger partial charge in [-0.3, -0.25) is 0 Å². The zero-order valence-corrected chi connectivity index (χ0v) is 15.7. The molecule has 0 heterocycles. The summed E-state index contributed by atoms with van der Waals surface area (Å²) in [4.78, 5) is 12.0. The van der Waals surface area contributed by atoms with E-state index in [0.717, 1.165) is 11.3 Å². The summed E-state index contributed by atoms with van der Waals surface area (Å²) >= 11 is 0. The first-order chi connectivity index (χ1) is 13.1. The summed E-state index contributed by atoms with van der Waals surface area (Å²) in [5.41, 5.74) is 1.34. The Bertz CT molecular complexity index is 813. The standard InChI is InChI=1S/C20H22N2O5/c1-24-16-9-7-14(8-10-16)6-5-11-21-20(23)22-15-12-17(25-2)19(27-4)18(13-15)26-3/h7-10,12-13H,11H2,1-4H3,(H2,21,22,23). The van der Waals surface area contributed by atoms with E-state index in [-0.39, 0.29) is 6.54 Å². The van der Waals surface area contributed by atoms with Crippen LogP contribution in [0.2, 0.25) is 0 Å². The average molecular weight is 370 g/mol. The lowest BCUT2D eigenvalue weighted by Gasteiger charge is -2.14. The Balaban J connectivity index is 1.95. The molecule has 2 N–H and O–H groups in total. The maximum absolute atomic E-state index is 12.0. The van der Waals surface area contributed by atoms with Crippen LogP contribution >= 0.6 is 0 Å². The van der Waals surface area contributed by atoms with Crippen molar-refractivity contribution in [1.82, 2.24) is 5.32 Å². The van der Waals surface area contributed by atoms with Crippen LogP contribution in [0.1, 0.15) is 5.56 Å². The van der Waals surface area contributed by atoms with E-state index in [9.17, 15) is 4.79 Å². The molecule has 0 saturated carbocycles. The highest BCUT2D eigenvalue weighted by Gasteiger charge is 2.14. The van der Waals surface area contributed by atoms with Crippen LogP contribution in [-0.4, -0.2) is 41.0 Å². The zero-order valence-electron chi connectivity index (χ0n) is 15.7. The minimum Gasteiger partial charge on any atom is -0.497 e. The smallest absolute Gasteiger partial charge is 0.319 e. The van der Waals surface area contributed by atoms with Crippen LogP contribution in [0.25, 0.3) is 0 Å². The molecule has 0 unspecified atom stereocenters. The van der Waals surface area contributed by atoms with Gasteiger partial charge in [-0.2, -0.15) is 0 Å². The lowest BCUT2D eigenvalue weighted by atomic mass is 10.2. The lowest BCUT2D eigenvalue weighted by Crippen LogP contribution is -2.28. The Morgan fingerprint density at radius 3 is 2.07 bits per heavy atom. The molecule has 7 heteroatoms. The summed E-state index contributed by atoms with van der Waals surface area (Å²) < 4.78 is 20.9. The summed E-state index contributed by atoms with van der Waals surface area (Å²) in [6.45, 7) is 0.197. The van der Waals surface area contributed by atoms with E-state index in [1.165, 1.54) is 21.3 Å². The molecule has 2 rings (SSSR count). The molecule has 0 saturated heterocycles. The van der Waals surface area contributed by atoms with Gasteiger partial charge in [0.2, 0.25) is 5.75 Å². The number of nitrogens with one attached hydrogen (secondary N) is 2. The Labute approximate surface area is 158 Å². The van der Waals surface area contributed by atoms with Crippen molar-refractivity contribution in [2.24, 2.45) is 0 Å². The van der Waals surface area contributed by atoms with Crippen molar-refractivity contribution in [2.45, 2.75) is 0 Å². The van der Waals surface area contributed by atoms with Crippen LogP contribution < -0.4 is 29.6 Å². The van der Waals surface area contributed by atoms with Gasteiger partial charge in [0.25, 0.3) is 0 Å². The number of carbonyl (C=O) groups excluding carboxylic acids is 1. The van der Waals surface area contributed by atoms with Crippen LogP contribution in [-0.2, 0) is 0 Å². The Hall–Kier alpha value is -3.53. The highest BCUT2D eigenvalue weighted by molar-refractivity contribution is 5.90. The molecule has 7 nitrogen and oxygen atoms in total. The number of benzene rings is 2. The summed E-state index contributed by atoms with van der Waals surface area (Å²) in [5, 5.41) is 5.37. The fraction of sp³-hybridized carbons (Fsp3) is 0.250. The van der Waals surface area contributed by atoms with E-state index in [2.05, 4.69) is 22.5 Å². The molecule has 0 fully saturated rings. The van der Waals surface area contributed by atoms with Gasteiger partial charge in [0.05, 0.1) is 40.7 Å². The summed E-state index contributed by atoms with van der Waals surface area (Å²) in [6, 6.07) is 10.2. The first kappa shape index (κ1) is 19.8. The Morgan fingerprint density at radius 1 is 0.926 bits per heavy atom. The largest absolute Gasteiger partial charge is 0.497 e. The topological polar surface area (TPSA) is 78.1 Å². The fourth-order valence-corrected chi connectivity index (χ4v) is 2.27. The number of methoxy groups -OCH3 is 4. The molecule has 2 amide bonds. The first-order valence-electron chi connectivity index (χ1n) is 8.09. The number of anilines is 1. The van der Waals surface area contributed by atoms with Crippen molar-refractivity contribution < 1.29 is 23.7 Å². The molecule has 0 aliphatic carbocycles. The molecule has 0 spiro atoms. The monoisotopic (exact) mass is 370 g/mol. The third kappa shape index (κ3) is 5.47. The van der Waals surface area contributed by atoms with Crippen LogP contribution in [0.3, 0.4) is 0 Å². The zero-order chi connectivity index (χ0) is 19.6. The molecule has 2 aromatic carbocycles. The van der Waals surface area contributed by atoms with Gasteiger partial charge in [-0.1, -0.05) is 11.8 Å². The third-order valence-corrected chi connectivity index (χ3v) is 3.58. The van der Waals surface area contributed by atoms with Gasteiger partial charge in [-0.05, 0) is 24.3 Å². The van der Waals surface area contributed by atoms with Crippen LogP contribution in [0.15, 0.2) is 36.4 Å². The van der Waals surface area contributed by atoms with Gasteiger partial charge in [0, 0.05) is 17.7 Å². The molecule has 0 aromatic heterocycles. The van der Waals surface area contributed by atoms with Gasteiger partial charge in [-0.25, -0.2) is 4.79 Å². The second-order valence-corrected chi connectivity index (χ2v) is 5.25. The van der Waals surface area contributed by atoms with E-state index in [4.69, 9.17) is 18.9 Å². The molecule has 0 atom stereocenters. The number of ether oxygens (including phenoxy) is 4. The van der Waals surface area contributed by atoms with Gasteiger partial charge in [0.15, 0.2) is 11.5 Å². The van der Waals surface area contributed by atoms with Gasteiger partial charge < -0.3 is 29.6 Å². The van der Waals surface area contributed by atoms with Crippen molar-refractivity contribution in [3.63, 3.8) is 0 Å². The molecular formula is C20H22N2O5. The Kier molecular flexibility index (Phi) is 7.20. The van der Waals surface area contributed by atoms with Gasteiger partial charge in [-0.15, -0.1) is 0 Å². The highest BCUT2D eigenvalue weighted by atomic mass is 16.5. The molecule has 27 heavy (non-hydrogen) atoms. The quantitative estimate of drug-likeness (QED) is 0.765. The predicted molar refractivity (Wildman–Crippen MR) is 103 cm³/mol. The van der Waals surface area contributed by atoms with Crippen molar-refractivity contribution in [3.05, 3.63) is 42.0 Å². The lowest BCUT2D eigenvalue weighted by molar-refractivity contribution is 0.253. The summed E-state index contributed by atoms with van der Waals surface area (Å²) in [6.07, 6.45) is 0. The molecule has 142 valence electrons. The van der Waals surface area contributed by atoms with E-state index in [1.54, 1.807) is 19.2 Å². The number of amides is 2. The Morgan fingerprint density at radius 2 is 1.56 bits per heavy atom. The average Bonchev–Trinajstić information content (AvgIpc) is 2.70. The number of urea groups is 1. The van der Waals surface area contributed by atoms with Crippen molar-refractivity contribution in [3.8, 4) is 34.8 Å².